The van der Waals surface area contributed by atoms with E-state index in [2.05, 4.69) is 26.0 Å². The molecule has 1 amide bonds. The molecule has 0 bridgehead atoms. The molecule has 0 saturated carbocycles. The fraction of sp³-hybridized carbons (Fsp3) is 0.471. The van der Waals surface area contributed by atoms with Crippen molar-refractivity contribution in [2.24, 2.45) is 7.05 Å². The maximum atomic E-state index is 13.3. The highest BCUT2D eigenvalue weighted by molar-refractivity contribution is 9.10. The number of nitrogens with zero attached hydrogens (tertiary/aromatic N) is 5. The molecule has 0 atom stereocenters. The molecule has 2 aromatic rings. The molecule has 1 saturated heterocycles. The Hall–Kier alpha value is -2.10. The van der Waals surface area contributed by atoms with Crippen molar-refractivity contribution in [1.29, 1.82) is 0 Å². The summed E-state index contributed by atoms with van der Waals surface area (Å²) in [6.07, 6.45) is 1.18. The van der Waals surface area contributed by atoms with Crippen LogP contribution in [0.15, 0.2) is 29.1 Å². The van der Waals surface area contributed by atoms with Crippen LogP contribution in [0.5, 0.6) is 0 Å². The van der Waals surface area contributed by atoms with E-state index >= 15 is 0 Å². The van der Waals surface area contributed by atoms with Gasteiger partial charge in [0, 0.05) is 50.1 Å². The van der Waals surface area contributed by atoms with E-state index in [1.165, 1.54) is 12.4 Å². The van der Waals surface area contributed by atoms with E-state index in [0.717, 1.165) is 6.07 Å². The molecular formula is C17H19BrF3N5O. The van der Waals surface area contributed by atoms with Crippen LogP contribution in [-0.2, 0) is 13.2 Å². The molecule has 3 rings (SSSR count). The summed E-state index contributed by atoms with van der Waals surface area (Å²) in [6, 6.07) is 1.01. The first-order valence-corrected chi connectivity index (χ1v) is 9.19. The molecule has 2 aromatic heterocycles. The standard InChI is InChI=1S/C17H19BrF3N5O/c1-24-10-11(8-23-24)16(27)25(2)13-3-5-26(6-4-13)15-14(17(19,20)21)7-12(18)9-22-15/h7-10,13H,3-6H2,1-2H3. The van der Waals surface area contributed by atoms with Crippen LogP contribution in [0.2, 0.25) is 0 Å². The van der Waals surface area contributed by atoms with E-state index in [9.17, 15) is 18.0 Å². The molecule has 0 spiro atoms. The molecule has 6 nitrogen and oxygen atoms in total. The van der Waals surface area contributed by atoms with Crippen molar-refractivity contribution in [3.05, 3.63) is 40.3 Å². The maximum absolute atomic E-state index is 13.3. The first-order chi connectivity index (χ1) is 12.7. The van der Waals surface area contributed by atoms with Gasteiger partial charge in [-0.3, -0.25) is 9.48 Å². The van der Waals surface area contributed by atoms with E-state index in [-0.39, 0.29) is 22.2 Å². The number of hydrogen-bond donors (Lipinski definition) is 0. The lowest BCUT2D eigenvalue weighted by atomic mass is 10.0. The maximum Gasteiger partial charge on any atom is 0.419 e. The van der Waals surface area contributed by atoms with Crippen molar-refractivity contribution < 1.29 is 18.0 Å². The zero-order valence-corrected chi connectivity index (χ0v) is 16.5. The molecule has 0 N–H and O–H groups in total. The summed E-state index contributed by atoms with van der Waals surface area (Å²) in [7, 11) is 3.45. The molecule has 0 radical (unpaired) electrons. The molecule has 1 fully saturated rings. The highest BCUT2D eigenvalue weighted by atomic mass is 79.9. The quantitative estimate of drug-likeness (QED) is 0.726. The third-order valence-corrected chi connectivity index (χ3v) is 5.16. The highest BCUT2D eigenvalue weighted by Gasteiger charge is 2.37. The zero-order chi connectivity index (χ0) is 19.8. The van der Waals surface area contributed by atoms with Crippen LogP contribution in [-0.4, -0.2) is 51.8 Å². The Bertz CT molecular complexity index is 830. The molecule has 0 aromatic carbocycles. The van der Waals surface area contributed by atoms with Gasteiger partial charge in [0.15, 0.2) is 0 Å². The van der Waals surface area contributed by atoms with Gasteiger partial charge in [0.1, 0.15) is 5.82 Å². The minimum Gasteiger partial charge on any atom is -0.356 e. The third kappa shape index (κ3) is 4.26. The van der Waals surface area contributed by atoms with Crippen LogP contribution >= 0.6 is 15.9 Å². The Labute approximate surface area is 163 Å². The van der Waals surface area contributed by atoms with Crippen LogP contribution in [0.4, 0.5) is 19.0 Å². The van der Waals surface area contributed by atoms with Gasteiger partial charge in [-0.15, -0.1) is 0 Å². The number of piperidine rings is 1. The largest absolute Gasteiger partial charge is 0.419 e. The van der Waals surface area contributed by atoms with Gasteiger partial charge in [0.2, 0.25) is 0 Å². The number of aromatic nitrogens is 3. The first kappa shape index (κ1) is 19.7. The third-order valence-electron chi connectivity index (χ3n) is 4.72. The van der Waals surface area contributed by atoms with Crippen molar-refractivity contribution in [1.82, 2.24) is 19.7 Å². The minimum atomic E-state index is -4.48. The summed E-state index contributed by atoms with van der Waals surface area (Å²) >= 11 is 3.05. The fourth-order valence-corrected chi connectivity index (χ4v) is 3.59. The van der Waals surface area contributed by atoms with Crippen molar-refractivity contribution in [2.45, 2.75) is 25.1 Å². The Kier molecular flexibility index (Phi) is 5.45. The number of carbonyl (C=O) groups is 1. The summed E-state index contributed by atoms with van der Waals surface area (Å²) in [4.78, 5) is 19.8. The fourth-order valence-electron chi connectivity index (χ4n) is 3.26. The van der Waals surface area contributed by atoms with Crippen molar-refractivity contribution in [2.75, 3.05) is 25.0 Å². The van der Waals surface area contributed by atoms with Crippen LogP contribution in [0.1, 0.15) is 28.8 Å². The molecule has 146 valence electrons. The van der Waals surface area contributed by atoms with Crippen LogP contribution in [0.3, 0.4) is 0 Å². The lowest BCUT2D eigenvalue weighted by Crippen LogP contribution is -2.46. The number of amides is 1. The van der Waals surface area contributed by atoms with Gasteiger partial charge in [-0.05, 0) is 34.8 Å². The van der Waals surface area contributed by atoms with Crippen LogP contribution < -0.4 is 4.90 Å². The normalized spacial score (nSPS) is 15.9. The minimum absolute atomic E-state index is 0.0428. The van der Waals surface area contributed by atoms with Gasteiger partial charge in [0.25, 0.3) is 5.91 Å². The van der Waals surface area contributed by atoms with Crippen molar-refractivity contribution >= 4 is 27.7 Å². The molecule has 3 heterocycles. The Morgan fingerprint density at radius 1 is 1.30 bits per heavy atom. The lowest BCUT2D eigenvalue weighted by molar-refractivity contribution is -0.137. The summed E-state index contributed by atoms with van der Waals surface area (Å²) < 4.78 is 41.9. The molecule has 0 unspecified atom stereocenters. The smallest absolute Gasteiger partial charge is 0.356 e. The molecule has 27 heavy (non-hydrogen) atoms. The predicted molar refractivity (Wildman–Crippen MR) is 97.5 cm³/mol. The second-order valence-electron chi connectivity index (χ2n) is 6.56. The number of rotatable bonds is 3. The molecule has 10 heteroatoms. The highest BCUT2D eigenvalue weighted by Crippen LogP contribution is 2.37. The monoisotopic (exact) mass is 445 g/mol. The Morgan fingerprint density at radius 2 is 1.96 bits per heavy atom. The van der Waals surface area contributed by atoms with E-state index in [1.54, 1.807) is 34.8 Å². The second kappa shape index (κ2) is 7.49. The van der Waals surface area contributed by atoms with Crippen molar-refractivity contribution in [3.63, 3.8) is 0 Å². The predicted octanol–water partition coefficient (Wildman–Crippen LogP) is 3.34. The Balaban J connectivity index is 1.70. The van der Waals surface area contributed by atoms with E-state index in [1.807, 2.05) is 0 Å². The van der Waals surface area contributed by atoms with Crippen molar-refractivity contribution in [3.8, 4) is 0 Å². The SMILES string of the molecule is CN(C(=O)c1cnn(C)c1)C1CCN(c2ncc(Br)cc2C(F)(F)F)CC1. The van der Waals surface area contributed by atoms with Crippen LogP contribution in [0, 0.1) is 0 Å². The summed E-state index contributed by atoms with van der Waals surface area (Å²) in [5.74, 6) is -0.204. The molecule has 1 aliphatic heterocycles. The Morgan fingerprint density at radius 3 is 2.52 bits per heavy atom. The summed E-state index contributed by atoms with van der Waals surface area (Å²) in [5.41, 5.74) is -0.258. The van der Waals surface area contributed by atoms with E-state index < -0.39 is 11.7 Å². The number of carbonyl (C=O) groups excluding carboxylic acids is 1. The molecular weight excluding hydrogens is 427 g/mol. The number of pyridine rings is 1. The first-order valence-electron chi connectivity index (χ1n) is 8.40. The van der Waals surface area contributed by atoms with Gasteiger partial charge < -0.3 is 9.80 Å². The zero-order valence-electron chi connectivity index (χ0n) is 14.9. The van der Waals surface area contributed by atoms with Gasteiger partial charge in [0.05, 0.1) is 17.3 Å². The molecule has 1 aliphatic rings. The average Bonchev–Trinajstić information content (AvgIpc) is 3.06. The summed E-state index contributed by atoms with van der Waals surface area (Å²) in [5, 5.41) is 4.00. The van der Waals surface area contributed by atoms with Crippen LogP contribution in [0.25, 0.3) is 0 Å². The second-order valence-corrected chi connectivity index (χ2v) is 7.48. The lowest BCUT2D eigenvalue weighted by Gasteiger charge is -2.38. The topological polar surface area (TPSA) is 54.3 Å². The number of anilines is 1. The molecule has 0 aliphatic carbocycles. The average molecular weight is 446 g/mol. The number of hydrogen-bond acceptors (Lipinski definition) is 4. The van der Waals surface area contributed by atoms with Gasteiger partial charge in [-0.2, -0.15) is 18.3 Å². The van der Waals surface area contributed by atoms with Gasteiger partial charge in [-0.25, -0.2) is 4.98 Å². The van der Waals surface area contributed by atoms with Gasteiger partial charge in [-0.1, -0.05) is 0 Å². The number of halogens is 4. The number of alkyl halides is 3. The summed E-state index contributed by atoms with van der Waals surface area (Å²) in [6.45, 7) is 0.792. The van der Waals surface area contributed by atoms with Gasteiger partial charge >= 0.3 is 6.18 Å². The van der Waals surface area contributed by atoms with E-state index in [4.69, 9.17) is 0 Å². The number of aryl methyl sites for hydroxylation is 1. The van der Waals surface area contributed by atoms with E-state index in [0.29, 0.717) is 31.5 Å².